The Hall–Kier alpha value is -3.30. The number of nitrogens with zero attached hydrogens (tertiary/aromatic N) is 4. The van der Waals surface area contributed by atoms with Gasteiger partial charge in [-0.3, -0.25) is 0 Å². The van der Waals surface area contributed by atoms with Crippen molar-refractivity contribution in [3.63, 3.8) is 0 Å². The van der Waals surface area contributed by atoms with Gasteiger partial charge in [-0.1, -0.05) is 0 Å². The minimum atomic E-state index is -4.54. The number of hydrogen-bond acceptors (Lipinski definition) is 6. The summed E-state index contributed by atoms with van der Waals surface area (Å²) in [5, 5.41) is 9.82. The fourth-order valence-electron chi connectivity index (χ4n) is 2.48. The monoisotopic (exact) mass is 377 g/mol. The van der Waals surface area contributed by atoms with Crippen LogP contribution in [0.3, 0.4) is 0 Å². The Morgan fingerprint density at radius 1 is 1.15 bits per heavy atom. The molecule has 0 saturated heterocycles. The molecule has 0 amide bonds. The molecule has 2 heterocycles. The van der Waals surface area contributed by atoms with Crippen LogP contribution in [0.4, 0.5) is 36.3 Å². The summed E-state index contributed by atoms with van der Waals surface area (Å²) < 4.78 is 40.8. The molecule has 0 fully saturated rings. The lowest BCUT2D eigenvalue weighted by Gasteiger charge is -2.14. The third kappa shape index (κ3) is 3.94. The summed E-state index contributed by atoms with van der Waals surface area (Å²) in [6.07, 6.45) is -2.22. The van der Waals surface area contributed by atoms with E-state index >= 15 is 0 Å². The van der Waals surface area contributed by atoms with Gasteiger partial charge in [-0.2, -0.15) is 23.3 Å². The van der Waals surface area contributed by atoms with Crippen molar-refractivity contribution in [1.29, 1.82) is 0 Å². The maximum absolute atomic E-state index is 13.1. The minimum Gasteiger partial charge on any atom is -0.399 e. The molecule has 3 rings (SSSR count). The van der Waals surface area contributed by atoms with Gasteiger partial charge in [-0.25, -0.2) is 9.67 Å². The van der Waals surface area contributed by atoms with Crippen LogP contribution in [0.1, 0.15) is 18.2 Å². The lowest BCUT2D eigenvalue weighted by atomic mass is 10.3. The fraction of sp³-hybridized carbons (Fsp3) is 0.235. The van der Waals surface area contributed by atoms with Crippen molar-refractivity contribution in [1.82, 2.24) is 19.7 Å². The van der Waals surface area contributed by atoms with Gasteiger partial charge in [-0.15, -0.1) is 0 Å². The predicted octanol–water partition coefficient (Wildman–Crippen LogP) is 3.75. The number of halogens is 3. The van der Waals surface area contributed by atoms with Gasteiger partial charge in [0.1, 0.15) is 11.4 Å². The van der Waals surface area contributed by atoms with Crippen LogP contribution in [0, 0.1) is 6.92 Å². The van der Waals surface area contributed by atoms with Crippen molar-refractivity contribution < 1.29 is 13.2 Å². The van der Waals surface area contributed by atoms with Gasteiger partial charge in [-0.05, 0) is 38.1 Å². The van der Waals surface area contributed by atoms with E-state index in [0.29, 0.717) is 17.9 Å². The Morgan fingerprint density at radius 2 is 1.85 bits per heavy atom. The minimum absolute atomic E-state index is 0.0407. The average Bonchev–Trinajstić information content (AvgIpc) is 2.96. The highest BCUT2D eigenvalue weighted by Gasteiger charge is 2.35. The highest BCUT2D eigenvalue weighted by atomic mass is 19.4. The van der Waals surface area contributed by atoms with E-state index < -0.39 is 11.7 Å². The molecule has 1 aromatic carbocycles. The van der Waals surface area contributed by atoms with Gasteiger partial charge in [0, 0.05) is 18.4 Å². The molecule has 2 aromatic heterocycles. The maximum Gasteiger partial charge on any atom is 0.421 e. The zero-order valence-corrected chi connectivity index (χ0v) is 14.7. The summed E-state index contributed by atoms with van der Waals surface area (Å²) in [5.41, 5.74) is 7.53. The molecule has 0 atom stereocenters. The molecule has 142 valence electrons. The first-order valence-electron chi connectivity index (χ1n) is 8.15. The Labute approximate surface area is 153 Å². The van der Waals surface area contributed by atoms with Gasteiger partial charge in [0.2, 0.25) is 5.95 Å². The molecule has 0 aliphatic carbocycles. The van der Waals surface area contributed by atoms with Gasteiger partial charge in [0.25, 0.3) is 0 Å². The number of nitrogens with one attached hydrogen (secondary N) is 2. The number of nitrogen functional groups attached to an aromatic ring is 1. The zero-order valence-electron chi connectivity index (χ0n) is 14.7. The highest BCUT2D eigenvalue weighted by Crippen LogP contribution is 2.34. The summed E-state index contributed by atoms with van der Waals surface area (Å²) in [6.45, 7) is 3.81. The van der Waals surface area contributed by atoms with Crippen molar-refractivity contribution in [2.24, 2.45) is 0 Å². The standard InChI is InChI=1S/C17H18F3N7/c1-3-22-15-13(17(18,19)20)8-23-16(26-15)25-14-9-24-27(10(14)2)12-6-4-11(21)5-7-12/h4-9H,3,21H2,1-2H3,(H2,22,23,25,26). The molecule has 4 N–H and O–H groups in total. The molecule has 7 nitrogen and oxygen atoms in total. The third-order valence-electron chi connectivity index (χ3n) is 3.83. The van der Waals surface area contributed by atoms with Crippen molar-refractivity contribution in [3.8, 4) is 5.69 Å². The van der Waals surface area contributed by atoms with Crippen LogP contribution in [0.25, 0.3) is 5.69 Å². The molecule has 0 unspecified atom stereocenters. The van der Waals surface area contributed by atoms with Crippen LogP contribution >= 0.6 is 0 Å². The van der Waals surface area contributed by atoms with Crippen LogP contribution in [0.2, 0.25) is 0 Å². The molecule has 3 aromatic rings. The number of hydrogen-bond donors (Lipinski definition) is 3. The molecule has 10 heteroatoms. The number of alkyl halides is 3. The maximum atomic E-state index is 13.1. The molecule has 0 aliphatic heterocycles. The van der Waals surface area contributed by atoms with Gasteiger partial charge in [0.05, 0.1) is 23.3 Å². The highest BCUT2D eigenvalue weighted by molar-refractivity contribution is 5.59. The summed E-state index contributed by atoms with van der Waals surface area (Å²) in [4.78, 5) is 7.73. The normalized spacial score (nSPS) is 11.4. The fourth-order valence-corrected chi connectivity index (χ4v) is 2.48. The molecule has 0 spiro atoms. The first kappa shape index (κ1) is 18.5. The second kappa shape index (κ2) is 7.14. The predicted molar refractivity (Wildman–Crippen MR) is 97.2 cm³/mol. The number of nitrogens with two attached hydrogens (primary N) is 1. The number of benzene rings is 1. The summed E-state index contributed by atoms with van der Waals surface area (Å²) in [6, 6.07) is 7.14. The first-order chi connectivity index (χ1) is 12.8. The Morgan fingerprint density at radius 3 is 2.48 bits per heavy atom. The van der Waals surface area contributed by atoms with E-state index in [0.717, 1.165) is 17.6 Å². The molecular weight excluding hydrogens is 359 g/mol. The third-order valence-corrected chi connectivity index (χ3v) is 3.83. The summed E-state index contributed by atoms with van der Waals surface area (Å²) in [5.74, 6) is -0.231. The van der Waals surface area contributed by atoms with E-state index in [4.69, 9.17) is 5.73 Å². The van der Waals surface area contributed by atoms with Crippen LogP contribution < -0.4 is 16.4 Å². The molecular formula is C17H18F3N7. The van der Waals surface area contributed by atoms with Crippen LogP contribution in [0.5, 0.6) is 0 Å². The van der Waals surface area contributed by atoms with Crippen molar-refractivity contribution in [3.05, 3.63) is 47.9 Å². The molecule has 0 bridgehead atoms. The summed E-state index contributed by atoms with van der Waals surface area (Å²) in [7, 11) is 0. The Kier molecular flexibility index (Phi) is 4.89. The van der Waals surface area contributed by atoms with Crippen LogP contribution in [-0.2, 0) is 6.18 Å². The molecule has 0 aliphatic rings. The summed E-state index contributed by atoms with van der Waals surface area (Å²) >= 11 is 0. The van der Waals surface area contributed by atoms with Crippen molar-refractivity contribution in [2.45, 2.75) is 20.0 Å². The van der Waals surface area contributed by atoms with Gasteiger partial charge < -0.3 is 16.4 Å². The molecule has 27 heavy (non-hydrogen) atoms. The number of anilines is 4. The van der Waals surface area contributed by atoms with E-state index in [1.807, 2.05) is 19.1 Å². The van der Waals surface area contributed by atoms with E-state index in [2.05, 4.69) is 25.7 Å². The van der Waals surface area contributed by atoms with E-state index in [-0.39, 0.29) is 11.8 Å². The van der Waals surface area contributed by atoms with E-state index in [1.165, 1.54) is 0 Å². The lowest BCUT2D eigenvalue weighted by molar-refractivity contribution is -0.137. The zero-order chi connectivity index (χ0) is 19.6. The van der Waals surface area contributed by atoms with Crippen molar-refractivity contribution >= 4 is 23.1 Å². The van der Waals surface area contributed by atoms with Crippen LogP contribution in [-0.4, -0.2) is 26.3 Å². The van der Waals surface area contributed by atoms with E-state index in [1.54, 1.807) is 29.9 Å². The van der Waals surface area contributed by atoms with Gasteiger partial charge in [0.15, 0.2) is 0 Å². The number of aromatic nitrogens is 4. The lowest BCUT2D eigenvalue weighted by Crippen LogP contribution is -2.14. The molecule has 0 saturated carbocycles. The molecule has 0 radical (unpaired) electrons. The Bertz CT molecular complexity index is 933. The quantitative estimate of drug-likeness (QED) is 0.587. The average molecular weight is 377 g/mol. The second-order valence-electron chi connectivity index (χ2n) is 5.76. The van der Waals surface area contributed by atoms with E-state index in [9.17, 15) is 13.2 Å². The second-order valence-corrected chi connectivity index (χ2v) is 5.76. The van der Waals surface area contributed by atoms with Gasteiger partial charge >= 0.3 is 6.18 Å². The Balaban J connectivity index is 1.89. The SMILES string of the molecule is CCNc1nc(Nc2cnn(-c3ccc(N)cc3)c2C)ncc1C(F)(F)F. The largest absolute Gasteiger partial charge is 0.421 e. The topological polar surface area (TPSA) is 93.7 Å². The first-order valence-corrected chi connectivity index (χ1v) is 8.15. The number of rotatable bonds is 5. The smallest absolute Gasteiger partial charge is 0.399 e. The van der Waals surface area contributed by atoms with Crippen molar-refractivity contribution in [2.75, 3.05) is 22.9 Å². The van der Waals surface area contributed by atoms with Crippen LogP contribution in [0.15, 0.2) is 36.7 Å².